The minimum absolute atomic E-state index is 0.158. The fourth-order valence-corrected chi connectivity index (χ4v) is 5.79. The number of nitrogen functional groups attached to an aromatic ring is 1. The third-order valence-electron chi connectivity index (χ3n) is 7.98. The van der Waals surface area contributed by atoms with Crippen molar-refractivity contribution in [2.24, 2.45) is 0 Å². The third kappa shape index (κ3) is 5.20. The molecule has 1 atom stereocenters. The highest BCUT2D eigenvalue weighted by molar-refractivity contribution is 5.96. The molecule has 2 aromatic carbocycles. The van der Waals surface area contributed by atoms with E-state index < -0.39 is 0 Å². The van der Waals surface area contributed by atoms with E-state index in [2.05, 4.69) is 39.4 Å². The van der Waals surface area contributed by atoms with Gasteiger partial charge < -0.3 is 16.4 Å². The van der Waals surface area contributed by atoms with Crippen LogP contribution in [0, 0.1) is 0 Å². The summed E-state index contributed by atoms with van der Waals surface area (Å²) in [5, 5.41) is 10.3. The van der Waals surface area contributed by atoms with E-state index >= 15 is 0 Å². The van der Waals surface area contributed by atoms with Crippen molar-refractivity contribution in [3.8, 4) is 22.9 Å². The normalized spacial score (nSPS) is 13.8. The van der Waals surface area contributed by atoms with Crippen LogP contribution in [-0.4, -0.2) is 41.1 Å². The Morgan fingerprint density at radius 1 is 1.02 bits per heavy atom. The van der Waals surface area contributed by atoms with Gasteiger partial charge >= 0.3 is 0 Å². The number of carbonyl (C=O) groups excluding carboxylic acids is 2. The predicted molar refractivity (Wildman–Crippen MR) is 171 cm³/mol. The zero-order chi connectivity index (χ0) is 30.9. The molecule has 1 aliphatic rings. The Labute approximate surface area is 258 Å². The van der Waals surface area contributed by atoms with Gasteiger partial charge in [0.15, 0.2) is 17.3 Å². The van der Waals surface area contributed by atoms with Gasteiger partial charge in [-0.3, -0.25) is 14.2 Å². The Bertz CT molecular complexity index is 2080. The number of aryl methyl sites for hydroxylation is 1. The lowest BCUT2D eigenvalue weighted by molar-refractivity contribution is -0.116. The van der Waals surface area contributed by atoms with Crippen LogP contribution >= 0.6 is 0 Å². The number of nitrogens with two attached hydrogens (primary N) is 1. The van der Waals surface area contributed by atoms with Crippen molar-refractivity contribution in [2.75, 3.05) is 5.73 Å². The van der Waals surface area contributed by atoms with Crippen molar-refractivity contribution in [2.45, 2.75) is 25.4 Å². The minimum Gasteiger partial charge on any atom is -0.383 e. The van der Waals surface area contributed by atoms with Crippen molar-refractivity contribution in [1.29, 1.82) is 0 Å². The summed E-state index contributed by atoms with van der Waals surface area (Å²) in [6.45, 7) is 3.72. The lowest BCUT2D eigenvalue weighted by atomic mass is 10.0. The lowest BCUT2D eigenvalue weighted by Gasteiger charge is -2.17. The first kappa shape index (κ1) is 27.7. The number of aromatic nitrogens is 6. The predicted octanol–water partition coefficient (Wildman–Crippen LogP) is 4.47. The van der Waals surface area contributed by atoms with Crippen molar-refractivity contribution < 1.29 is 9.59 Å². The molecule has 0 aliphatic heterocycles. The van der Waals surface area contributed by atoms with Crippen LogP contribution in [-0.2, 0) is 17.8 Å². The maximum Gasteiger partial charge on any atom is 0.252 e. The average molecular weight is 596 g/mol. The first-order valence-corrected chi connectivity index (χ1v) is 14.5. The Balaban J connectivity index is 1.24. The Morgan fingerprint density at radius 2 is 1.91 bits per heavy atom. The molecular weight excluding hydrogens is 566 g/mol. The molecule has 222 valence electrons. The molecule has 0 bridgehead atoms. The van der Waals surface area contributed by atoms with E-state index in [4.69, 9.17) is 15.7 Å². The Morgan fingerprint density at radius 3 is 2.73 bits per heavy atom. The van der Waals surface area contributed by atoms with Crippen LogP contribution in [0.3, 0.4) is 0 Å². The van der Waals surface area contributed by atoms with Crippen LogP contribution in [0.4, 0.5) is 5.82 Å². The molecule has 2 amide bonds. The molecule has 11 heteroatoms. The van der Waals surface area contributed by atoms with Gasteiger partial charge in [0.05, 0.1) is 11.6 Å². The molecule has 4 N–H and O–H groups in total. The molecule has 4 heterocycles. The second kappa shape index (κ2) is 11.5. The molecule has 0 saturated heterocycles. The number of fused-ring (bicyclic) bond motifs is 2. The van der Waals surface area contributed by atoms with Gasteiger partial charge in [-0.25, -0.2) is 19.6 Å². The van der Waals surface area contributed by atoms with E-state index in [0.29, 0.717) is 39.8 Å². The van der Waals surface area contributed by atoms with Crippen LogP contribution < -0.4 is 16.4 Å². The summed E-state index contributed by atoms with van der Waals surface area (Å²) in [6, 6.07) is 22.7. The molecule has 0 fully saturated rings. The molecular formula is C34H29N9O2. The molecule has 0 radical (unpaired) electrons. The smallest absolute Gasteiger partial charge is 0.252 e. The number of carbonyl (C=O) groups is 2. The monoisotopic (exact) mass is 595 g/mol. The number of hydrogen-bond acceptors (Lipinski definition) is 7. The van der Waals surface area contributed by atoms with E-state index in [1.165, 1.54) is 6.08 Å². The molecule has 4 aromatic heterocycles. The van der Waals surface area contributed by atoms with Gasteiger partial charge in [-0.1, -0.05) is 30.8 Å². The van der Waals surface area contributed by atoms with E-state index in [-0.39, 0.29) is 24.4 Å². The van der Waals surface area contributed by atoms with Gasteiger partial charge in [0.2, 0.25) is 5.91 Å². The number of amides is 2. The van der Waals surface area contributed by atoms with Crippen molar-refractivity contribution >= 4 is 28.8 Å². The maximum atomic E-state index is 13.4. The second-order valence-electron chi connectivity index (χ2n) is 10.7. The third-order valence-corrected chi connectivity index (χ3v) is 7.98. The fraction of sp³-hybridized carbons (Fsp3) is 0.118. The summed E-state index contributed by atoms with van der Waals surface area (Å²) >= 11 is 0. The first-order valence-electron chi connectivity index (χ1n) is 14.5. The van der Waals surface area contributed by atoms with Crippen LogP contribution in [0.1, 0.15) is 39.5 Å². The number of benzene rings is 2. The quantitative estimate of drug-likeness (QED) is 0.220. The van der Waals surface area contributed by atoms with E-state index in [0.717, 1.165) is 35.2 Å². The van der Waals surface area contributed by atoms with Crippen LogP contribution in [0.15, 0.2) is 104 Å². The number of rotatable bonds is 8. The van der Waals surface area contributed by atoms with Crippen LogP contribution in [0.2, 0.25) is 0 Å². The number of nitrogens with one attached hydrogen (secondary N) is 2. The number of pyridine rings is 2. The Kier molecular flexibility index (Phi) is 7.10. The number of hydrogen-bond donors (Lipinski definition) is 3. The summed E-state index contributed by atoms with van der Waals surface area (Å²) in [4.78, 5) is 39.3. The zero-order valence-corrected chi connectivity index (χ0v) is 24.2. The summed E-state index contributed by atoms with van der Waals surface area (Å²) in [5.41, 5.74) is 12.7. The number of nitrogens with zero attached hydrogens (tertiary/aromatic N) is 6. The SMILES string of the molecule is C=CC(=O)NCc1ccccc1C(=O)N[C@H]1CCc2cc(-n3c(-c4cccnc4N)nc4ccc(-n5cccn5)nc43)ccc21. The zero-order valence-electron chi connectivity index (χ0n) is 24.2. The molecule has 11 nitrogen and oxygen atoms in total. The molecule has 45 heavy (non-hydrogen) atoms. The molecule has 0 saturated carbocycles. The van der Waals surface area contributed by atoms with Crippen LogP contribution in [0.25, 0.3) is 34.1 Å². The fourth-order valence-electron chi connectivity index (χ4n) is 5.79. The Hall–Kier alpha value is -6.10. The summed E-state index contributed by atoms with van der Waals surface area (Å²) in [6.07, 6.45) is 7.96. The molecule has 0 spiro atoms. The van der Waals surface area contributed by atoms with Gasteiger partial charge in [-0.05, 0) is 84.1 Å². The maximum absolute atomic E-state index is 13.4. The topological polar surface area (TPSA) is 146 Å². The van der Waals surface area contributed by atoms with Gasteiger partial charge in [0.25, 0.3) is 5.91 Å². The molecule has 1 aliphatic carbocycles. The second-order valence-corrected chi connectivity index (χ2v) is 10.7. The summed E-state index contributed by atoms with van der Waals surface area (Å²) < 4.78 is 3.70. The summed E-state index contributed by atoms with van der Waals surface area (Å²) in [7, 11) is 0. The number of anilines is 1. The molecule has 0 unspecified atom stereocenters. The van der Waals surface area contributed by atoms with Crippen molar-refractivity contribution in [3.05, 3.63) is 126 Å². The van der Waals surface area contributed by atoms with Crippen molar-refractivity contribution in [3.63, 3.8) is 0 Å². The average Bonchev–Trinajstić information content (AvgIpc) is 3.83. The molecule has 7 rings (SSSR count). The number of imidazole rings is 1. The highest BCUT2D eigenvalue weighted by atomic mass is 16.2. The molecule has 6 aromatic rings. The van der Waals surface area contributed by atoms with Gasteiger partial charge in [0, 0.05) is 36.4 Å². The van der Waals surface area contributed by atoms with Gasteiger partial charge in [-0.15, -0.1) is 0 Å². The van der Waals surface area contributed by atoms with E-state index in [1.807, 2.05) is 65.4 Å². The standard InChI is InChI=1S/C34H29N9O2/c1-2-30(44)37-20-22-7-3-4-8-25(22)34(45)40-27-13-10-21-19-23(11-12-24(21)27)43-32(26-9-5-16-36-31(26)35)39-28-14-15-29(41-33(28)43)42-18-6-17-38-42/h2-9,11-12,14-19,27H,1,10,13,20H2,(H2,35,36)(H,37,44)(H,40,45)/t27-/m0/s1. The van der Waals surface area contributed by atoms with Crippen molar-refractivity contribution in [1.82, 2.24) is 39.9 Å². The highest BCUT2D eigenvalue weighted by Crippen LogP contribution is 2.36. The van der Waals surface area contributed by atoms with E-state index in [1.54, 1.807) is 23.1 Å². The minimum atomic E-state index is -0.293. The highest BCUT2D eigenvalue weighted by Gasteiger charge is 2.27. The van der Waals surface area contributed by atoms with Gasteiger partial charge in [-0.2, -0.15) is 5.10 Å². The lowest BCUT2D eigenvalue weighted by Crippen LogP contribution is -2.29. The first-order chi connectivity index (χ1) is 22.0. The van der Waals surface area contributed by atoms with Gasteiger partial charge in [0.1, 0.15) is 11.3 Å². The largest absolute Gasteiger partial charge is 0.383 e. The van der Waals surface area contributed by atoms with E-state index in [9.17, 15) is 9.59 Å². The summed E-state index contributed by atoms with van der Waals surface area (Å²) in [5.74, 6) is 1.18. The van der Waals surface area contributed by atoms with Crippen LogP contribution in [0.5, 0.6) is 0 Å².